The van der Waals surface area contributed by atoms with Gasteiger partial charge < -0.3 is 25.0 Å². The number of hydrogen-bond donors (Lipinski definition) is 2. The fraction of sp³-hybridized carbons (Fsp3) is 0.722. The SMILES string of the molecule is NCCO[C@@H]1C[C@H](O)C12CCN(C(=O)c1cccn1C1CC1)CC2. The minimum absolute atomic E-state index is 0.0867. The summed E-state index contributed by atoms with van der Waals surface area (Å²) in [6.45, 7) is 2.42. The number of piperidine rings is 1. The van der Waals surface area contributed by atoms with E-state index in [1.807, 2.05) is 23.2 Å². The van der Waals surface area contributed by atoms with Crippen LogP contribution in [0, 0.1) is 5.41 Å². The molecule has 0 radical (unpaired) electrons. The number of likely N-dealkylation sites (tertiary alicyclic amines) is 1. The molecule has 3 aliphatic rings. The Morgan fingerprint density at radius 1 is 1.38 bits per heavy atom. The highest BCUT2D eigenvalue weighted by Gasteiger charge is 2.56. The molecule has 2 heterocycles. The van der Waals surface area contributed by atoms with Crippen molar-refractivity contribution >= 4 is 5.91 Å². The van der Waals surface area contributed by atoms with Gasteiger partial charge in [0.15, 0.2) is 0 Å². The summed E-state index contributed by atoms with van der Waals surface area (Å²) >= 11 is 0. The van der Waals surface area contributed by atoms with Crippen LogP contribution in [0.15, 0.2) is 18.3 Å². The van der Waals surface area contributed by atoms with Crippen LogP contribution < -0.4 is 5.73 Å². The minimum atomic E-state index is -0.312. The van der Waals surface area contributed by atoms with Gasteiger partial charge in [-0.25, -0.2) is 0 Å². The number of carbonyl (C=O) groups excluding carboxylic acids is 1. The van der Waals surface area contributed by atoms with Gasteiger partial charge in [0.2, 0.25) is 0 Å². The molecule has 1 aliphatic heterocycles. The molecule has 1 aromatic rings. The lowest BCUT2D eigenvalue weighted by molar-refractivity contribution is -0.208. The number of ether oxygens (including phenoxy) is 1. The Bertz CT molecular complexity index is 602. The van der Waals surface area contributed by atoms with E-state index in [1.165, 1.54) is 12.8 Å². The van der Waals surface area contributed by atoms with E-state index in [4.69, 9.17) is 10.5 Å². The molecule has 6 heteroatoms. The third-order valence-corrected chi connectivity index (χ3v) is 6.10. The van der Waals surface area contributed by atoms with Gasteiger partial charge in [0.05, 0.1) is 18.8 Å². The van der Waals surface area contributed by atoms with Gasteiger partial charge in [-0.1, -0.05) is 0 Å². The van der Waals surface area contributed by atoms with Gasteiger partial charge in [0, 0.05) is 43.7 Å². The monoisotopic (exact) mass is 333 g/mol. The van der Waals surface area contributed by atoms with E-state index in [0.29, 0.717) is 38.7 Å². The van der Waals surface area contributed by atoms with E-state index in [2.05, 4.69) is 4.57 Å². The van der Waals surface area contributed by atoms with Crippen molar-refractivity contribution in [1.29, 1.82) is 0 Å². The summed E-state index contributed by atoms with van der Waals surface area (Å²) in [7, 11) is 0. The van der Waals surface area contributed by atoms with Crippen LogP contribution in [0.4, 0.5) is 0 Å². The Morgan fingerprint density at radius 3 is 2.75 bits per heavy atom. The molecule has 1 saturated heterocycles. The van der Waals surface area contributed by atoms with Crippen LogP contribution in [0.2, 0.25) is 0 Å². The molecule has 1 aromatic heterocycles. The summed E-state index contributed by atoms with van der Waals surface area (Å²) in [5.74, 6) is 0.120. The Hall–Kier alpha value is -1.37. The number of hydrogen-bond acceptors (Lipinski definition) is 4. The lowest BCUT2D eigenvalue weighted by Gasteiger charge is -2.56. The van der Waals surface area contributed by atoms with Crippen molar-refractivity contribution in [1.82, 2.24) is 9.47 Å². The molecule has 2 aliphatic carbocycles. The van der Waals surface area contributed by atoms with Crippen molar-refractivity contribution in [2.24, 2.45) is 11.1 Å². The van der Waals surface area contributed by atoms with E-state index in [9.17, 15) is 9.90 Å². The highest BCUT2D eigenvalue weighted by atomic mass is 16.5. The molecule has 0 unspecified atom stereocenters. The lowest BCUT2D eigenvalue weighted by atomic mass is 9.58. The maximum absolute atomic E-state index is 12.9. The van der Waals surface area contributed by atoms with Crippen molar-refractivity contribution in [2.75, 3.05) is 26.2 Å². The van der Waals surface area contributed by atoms with Crippen LogP contribution in [0.1, 0.15) is 48.6 Å². The smallest absolute Gasteiger partial charge is 0.270 e. The van der Waals surface area contributed by atoms with Gasteiger partial charge in [-0.3, -0.25) is 4.79 Å². The molecule has 6 nitrogen and oxygen atoms in total. The zero-order valence-corrected chi connectivity index (χ0v) is 14.1. The highest BCUT2D eigenvalue weighted by Crippen LogP contribution is 2.51. The molecule has 2 atom stereocenters. The van der Waals surface area contributed by atoms with Crippen molar-refractivity contribution in [3.8, 4) is 0 Å². The second-order valence-electron chi connectivity index (χ2n) is 7.46. The quantitative estimate of drug-likeness (QED) is 0.847. The van der Waals surface area contributed by atoms with E-state index < -0.39 is 0 Å². The third kappa shape index (κ3) is 2.57. The predicted molar refractivity (Wildman–Crippen MR) is 89.7 cm³/mol. The van der Waals surface area contributed by atoms with Crippen LogP contribution >= 0.6 is 0 Å². The van der Waals surface area contributed by atoms with Gasteiger partial charge in [-0.05, 0) is 37.8 Å². The van der Waals surface area contributed by atoms with Gasteiger partial charge in [0.1, 0.15) is 5.69 Å². The van der Waals surface area contributed by atoms with Gasteiger partial charge in [0.25, 0.3) is 5.91 Å². The Morgan fingerprint density at radius 2 is 2.12 bits per heavy atom. The second kappa shape index (κ2) is 6.17. The molecule has 132 valence electrons. The van der Waals surface area contributed by atoms with Gasteiger partial charge in [-0.2, -0.15) is 0 Å². The van der Waals surface area contributed by atoms with Crippen LogP contribution in [0.5, 0.6) is 0 Å². The normalized spacial score (nSPS) is 28.8. The fourth-order valence-corrected chi connectivity index (χ4v) is 4.36. The number of aliphatic hydroxyl groups excluding tert-OH is 1. The van der Waals surface area contributed by atoms with Crippen LogP contribution in [-0.4, -0.2) is 58.9 Å². The third-order valence-electron chi connectivity index (χ3n) is 6.10. The summed E-state index contributed by atoms with van der Waals surface area (Å²) in [6, 6.07) is 4.40. The van der Waals surface area contributed by atoms with Crippen LogP contribution in [-0.2, 0) is 4.74 Å². The summed E-state index contributed by atoms with van der Waals surface area (Å²) in [5, 5.41) is 10.3. The standard InChI is InChI=1S/C18H27N3O3/c19-7-11-24-16-12-15(22)18(16)5-9-20(10-6-18)17(23)14-2-1-8-21(14)13-3-4-13/h1-2,8,13,15-16,22H,3-7,9-12,19H2/t15-,16+/m0/s1. The van der Waals surface area contributed by atoms with Crippen molar-refractivity contribution < 1.29 is 14.6 Å². The molecule has 0 bridgehead atoms. The molecule has 3 N–H and O–H groups in total. The lowest BCUT2D eigenvalue weighted by Crippen LogP contribution is -2.63. The Balaban J connectivity index is 1.40. The topological polar surface area (TPSA) is 80.7 Å². The molecular weight excluding hydrogens is 306 g/mol. The zero-order valence-electron chi connectivity index (χ0n) is 14.1. The average Bonchev–Trinajstić information content (AvgIpc) is 3.34. The Kier molecular flexibility index (Phi) is 4.14. The van der Waals surface area contributed by atoms with Crippen LogP contribution in [0.3, 0.4) is 0 Å². The first-order valence-electron chi connectivity index (χ1n) is 9.11. The van der Waals surface area contributed by atoms with Crippen molar-refractivity contribution in [3.05, 3.63) is 24.0 Å². The fourth-order valence-electron chi connectivity index (χ4n) is 4.36. The molecule has 0 aromatic carbocycles. The second-order valence-corrected chi connectivity index (χ2v) is 7.46. The van der Waals surface area contributed by atoms with Crippen LogP contribution in [0.25, 0.3) is 0 Å². The van der Waals surface area contributed by atoms with E-state index in [0.717, 1.165) is 18.5 Å². The zero-order chi connectivity index (χ0) is 16.7. The molecular formula is C18H27N3O3. The molecule has 1 spiro atoms. The van der Waals surface area contributed by atoms with Gasteiger partial charge in [-0.15, -0.1) is 0 Å². The van der Waals surface area contributed by atoms with Gasteiger partial charge >= 0.3 is 0 Å². The first-order valence-corrected chi connectivity index (χ1v) is 9.11. The first kappa shape index (κ1) is 16.1. The van der Waals surface area contributed by atoms with E-state index >= 15 is 0 Å². The first-order chi connectivity index (χ1) is 11.7. The number of aliphatic hydroxyl groups is 1. The number of aromatic nitrogens is 1. The number of carbonyl (C=O) groups is 1. The van der Waals surface area contributed by atoms with E-state index in [1.54, 1.807) is 0 Å². The van der Waals surface area contributed by atoms with Crippen molar-refractivity contribution in [2.45, 2.75) is 50.4 Å². The summed E-state index contributed by atoms with van der Waals surface area (Å²) < 4.78 is 7.95. The van der Waals surface area contributed by atoms with E-state index in [-0.39, 0.29) is 23.5 Å². The highest BCUT2D eigenvalue weighted by molar-refractivity contribution is 5.93. The van der Waals surface area contributed by atoms with Crippen molar-refractivity contribution in [3.63, 3.8) is 0 Å². The largest absolute Gasteiger partial charge is 0.392 e. The number of nitrogens with zero attached hydrogens (tertiary/aromatic N) is 2. The number of nitrogens with two attached hydrogens (primary N) is 1. The molecule has 2 saturated carbocycles. The number of rotatable bonds is 5. The molecule has 3 fully saturated rings. The minimum Gasteiger partial charge on any atom is -0.392 e. The predicted octanol–water partition coefficient (Wildman–Crippen LogP) is 1.15. The average molecular weight is 333 g/mol. The Labute approximate surface area is 142 Å². The molecule has 1 amide bonds. The summed E-state index contributed by atoms with van der Waals surface area (Å²) in [4.78, 5) is 14.8. The maximum atomic E-state index is 12.9. The molecule has 24 heavy (non-hydrogen) atoms. The number of amides is 1. The molecule has 4 rings (SSSR count). The summed E-state index contributed by atoms with van der Waals surface area (Å²) in [6.07, 6.45) is 6.44. The summed E-state index contributed by atoms with van der Waals surface area (Å²) in [5.41, 5.74) is 6.15. The maximum Gasteiger partial charge on any atom is 0.270 e.